The van der Waals surface area contributed by atoms with Gasteiger partial charge in [0.15, 0.2) is 5.13 Å². The first-order valence-corrected chi connectivity index (χ1v) is 10.1. The molecule has 1 saturated heterocycles. The zero-order chi connectivity index (χ0) is 16.4. The van der Waals surface area contributed by atoms with Gasteiger partial charge in [0.05, 0.1) is 5.02 Å². The molecule has 23 heavy (non-hydrogen) atoms. The van der Waals surface area contributed by atoms with E-state index in [9.17, 15) is 8.42 Å². The largest absolute Gasteiger partial charge is 0.347 e. The molecule has 0 unspecified atom stereocenters. The highest BCUT2D eigenvalue weighted by molar-refractivity contribution is 7.89. The number of hydrogen-bond acceptors (Lipinski definition) is 5. The Bertz CT molecular complexity index is 778. The Kier molecular flexibility index (Phi) is 4.91. The topological polar surface area (TPSA) is 53.5 Å². The first-order chi connectivity index (χ1) is 11.0. The average Bonchev–Trinajstić information content (AvgIpc) is 2.91. The van der Waals surface area contributed by atoms with Crippen molar-refractivity contribution >= 4 is 38.1 Å². The van der Waals surface area contributed by atoms with Gasteiger partial charge in [0.25, 0.3) is 0 Å². The highest BCUT2D eigenvalue weighted by Gasteiger charge is 2.29. The fourth-order valence-electron chi connectivity index (χ4n) is 2.65. The molecular formula is C15H18ClN3O2S2. The molecule has 1 aromatic carbocycles. The molecule has 1 aliphatic heterocycles. The van der Waals surface area contributed by atoms with Crippen molar-refractivity contribution in [1.29, 1.82) is 0 Å². The molecule has 0 spiro atoms. The lowest BCUT2D eigenvalue weighted by Crippen LogP contribution is -2.35. The summed E-state index contributed by atoms with van der Waals surface area (Å²) in [5.41, 5.74) is 0.944. The second kappa shape index (κ2) is 6.76. The van der Waals surface area contributed by atoms with E-state index in [4.69, 9.17) is 11.6 Å². The molecule has 3 rings (SSSR count). The van der Waals surface area contributed by atoms with E-state index in [1.165, 1.54) is 4.31 Å². The summed E-state index contributed by atoms with van der Waals surface area (Å²) < 4.78 is 27.3. The van der Waals surface area contributed by atoms with Gasteiger partial charge in [-0.1, -0.05) is 17.7 Å². The molecule has 124 valence electrons. The van der Waals surface area contributed by atoms with Gasteiger partial charge < -0.3 is 4.90 Å². The molecule has 1 aromatic heterocycles. The third kappa shape index (κ3) is 3.52. The predicted molar refractivity (Wildman–Crippen MR) is 93.9 cm³/mol. The molecule has 0 N–H and O–H groups in total. The Morgan fingerprint density at radius 3 is 2.74 bits per heavy atom. The Labute approximate surface area is 145 Å². The van der Waals surface area contributed by atoms with Gasteiger partial charge in [-0.05, 0) is 31.0 Å². The van der Waals surface area contributed by atoms with Gasteiger partial charge in [-0.3, -0.25) is 0 Å². The summed E-state index contributed by atoms with van der Waals surface area (Å²) in [6, 6.07) is 5.06. The number of anilines is 1. The first-order valence-electron chi connectivity index (χ1n) is 7.39. The van der Waals surface area contributed by atoms with Gasteiger partial charge in [0.2, 0.25) is 10.0 Å². The minimum atomic E-state index is -3.57. The van der Waals surface area contributed by atoms with Crippen molar-refractivity contribution in [3.05, 3.63) is 40.4 Å². The van der Waals surface area contributed by atoms with Crippen LogP contribution in [0, 0.1) is 6.92 Å². The number of rotatable bonds is 3. The van der Waals surface area contributed by atoms with Crippen LogP contribution in [0.25, 0.3) is 0 Å². The summed E-state index contributed by atoms with van der Waals surface area (Å²) in [4.78, 5) is 6.63. The van der Waals surface area contributed by atoms with Crippen molar-refractivity contribution in [3.63, 3.8) is 0 Å². The Balaban J connectivity index is 1.81. The summed E-state index contributed by atoms with van der Waals surface area (Å²) in [5.74, 6) is 0. The highest BCUT2D eigenvalue weighted by Crippen LogP contribution is 2.27. The second-order valence-corrected chi connectivity index (χ2v) is 8.68. The number of benzene rings is 1. The van der Waals surface area contributed by atoms with E-state index >= 15 is 0 Å². The molecule has 0 amide bonds. The maximum atomic E-state index is 12.9. The Morgan fingerprint density at radius 2 is 2.04 bits per heavy atom. The summed E-state index contributed by atoms with van der Waals surface area (Å²) in [6.07, 6.45) is 2.54. The number of aromatic nitrogens is 1. The fraction of sp³-hybridized carbons (Fsp3) is 0.400. The van der Waals surface area contributed by atoms with Crippen LogP contribution in [-0.4, -0.2) is 43.9 Å². The van der Waals surface area contributed by atoms with Gasteiger partial charge in [-0.15, -0.1) is 11.3 Å². The number of sulfonamides is 1. The molecule has 0 atom stereocenters. The summed E-state index contributed by atoms with van der Waals surface area (Å²) >= 11 is 7.73. The third-order valence-corrected chi connectivity index (χ3v) is 7.06. The molecule has 1 fully saturated rings. The molecule has 2 aromatic rings. The van der Waals surface area contributed by atoms with Gasteiger partial charge in [0, 0.05) is 37.8 Å². The van der Waals surface area contributed by atoms with E-state index < -0.39 is 10.0 Å². The van der Waals surface area contributed by atoms with E-state index in [0.29, 0.717) is 19.6 Å². The minimum absolute atomic E-state index is 0.187. The second-order valence-electron chi connectivity index (χ2n) is 5.49. The number of thiazole rings is 1. The maximum absolute atomic E-state index is 12.9. The van der Waals surface area contributed by atoms with Gasteiger partial charge >= 0.3 is 0 Å². The SMILES string of the molecule is Cc1ccc(S(=O)(=O)N2CCCN(c3nccs3)CC2)c(Cl)c1. The van der Waals surface area contributed by atoms with Crippen molar-refractivity contribution in [2.45, 2.75) is 18.2 Å². The number of hydrogen-bond donors (Lipinski definition) is 0. The van der Waals surface area contributed by atoms with Crippen molar-refractivity contribution in [2.75, 3.05) is 31.1 Å². The third-order valence-electron chi connectivity index (χ3n) is 3.85. The van der Waals surface area contributed by atoms with E-state index in [1.54, 1.807) is 35.7 Å². The molecule has 8 heteroatoms. The van der Waals surface area contributed by atoms with Crippen LogP contribution in [0.15, 0.2) is 34.7 Å². The number of halogens is 1. The Morgan fingerprint density at radius 1 is 1.22 bits per heavy atom. The highest BCUT2D eigenvalue weighted by atomic mass is 35.5. The zero-order valence-corrected chi connectivity index (χ0v) is 15.2. The van der Waals surface area contributed by atoms with Crippen molar-refractivity contribution in [1.82, 2.24) is 9.29 Å². The van der Waals surface area contributed by atoms with Crippen LogP contribution < -0.4 is 4.90 Å². The maximum Gasteiger partial charge on any atom is 0.244 e. The van der Waals surface area contributed by atoms with E-state index in [-0.39, 0.29) is 9.92 Å². The lowest BCUT2D eigenvalue weighted by Gasteiger charge is -2.22. The van der Waals surface area contributed by atoms with Crippen LogP contribution in [0.2, 0.25) is 5.02 Å². The minimum Gasteiger partial charge on any atom is -0.347 e. The van der Waals surface area contributed by atoms with Gasteiger partial charge in [-0.2, -0.15) is 4.31 Å². The summed E-state index contributed by atoms with van der Waals surface area (Å²) in [6.45, 7) is 4.26. The molecular weight excluding hydrogens is 354 g/mol. The smallest absolute Gasteiger partial charge is 0.244 e. The number of nitrogens with zero attached hydrogens (tertiary/aromatic N) is 3. The molecule has 2 heterocycles. The van der Waals surface area contributed by atoms with Crippen molar-refractivity contribution < 1.29 is 8.42 Å². The van der Waals surface area contributed by atoms with Crippen LogP contribution in [-0.2, 0) is 10.0 Å². The van der Waals surface area contributed by atoms with E-state index in [0.717, 1.165) is 23.7 Å². The predicted octanol–water partition coefficient (Wildman–Crippen LogP) is 3.01. The van der Waals surface area contributed by atoms with Crippen LogP contribution >= 0.6 is 22.9 Å². The normalized spacial score (nSPS) is 17.2. The summed E-state index contributed by atoms with van der Waals surface area (Å²) in [7, 11) is -3.57. The van der Waals surface area contributed by atoms with Crippen molar-refractivity contribution in [3.8, 4) is 0 Å². The molecule has 0 aliphatic carbocycles. The molecule has 1 aliphatic rings. The molecule has 5 nitrogen and oxygen atoms in total. The lowest BCUT2D eigenvalue weighted by molar-refractivity contribution is 0.433. The monoisotopic (exact) mass is 371 g/mol. The Hall–Kier alpha value is -1.15. The van der Waals surface area contributed by atoms with Crippen molar-refractivity contribution in [2.24, 2.45) is 0 Å². The fourth-order valence-corrected chi connectivity index (χ4v) is 5.39. The standard InChI is InChI=1S/C15H18ClN3O2S2/c1-12-3-4-14(13(16)11-12)23(20,21)19-7-2-6-18(8-9-19)15-17-5-10-22-15/h3-5,10-11H,2,6-9H2,1H3. The molecule has 0 radical (unpaired) electrons. The van der Waals surface area contributed by atoms with Gasteiger partial charge in [0.1, 0.15) is 4.90 Å². The summed E-state index contributed by atoms with van der Waals surface area (Å²) in [5, 5.41) is 3.16. The molecule has 0 bridgehead atoms. The first kappa shape index (κ1) is 16.7. The molecule has 0 saturated carbocycles. The van der Waals surface area contributed by atoms with E-state index in [2.05, 4.69) is 9.88 Å². The van der Waals surface area contributed by atoms with Crippen LogP contribution in [0.5, 0.6) is 0 Å². The number of aryl methyl sites for hydroxylation is 1. The van der Waals surface area contributed by atoms with Crippen LogP contribution in [0.3, 0.4) is 0 Å². The van der Waals surface area contributed by atoms with E-state index in [1.807, 2.05) is 12.3 Å². The lowest BCUT2D eigenvalue weighted by atomic mass is 10.2. The zero-order valence-electron chi connectivity index (χ0n) is 12.8. The average molecular weight is 372 g/mol. The quantitative estimate of drug-likeness (QED) is 0.832. The van der Waals surface area contributed by atoms with Gasteiger partial charge in [-0.25, -0.2) is 13.4 Å². The van der Waals surface area contributed by atoms with Crippen LogP contribution in [0.1, 0.15) is 12.0 Å². The van der Waals surface area contributed by atoms with Crippen LogP contribution in [0.4, 0.5) is 5.13 Å².